The smallest absolute Gasteiger partial charge is 0.357 e. The average molecular weight is 391 g/mol. The molecule has 3 N–H and O–H groups in total. The maximum Gasteiger partial charge on any atom is 0.357 e. The first kappa shape index (κ1) is 20.0. The van der Waals surface area contributed by atoms with Gasteiger partial charge in [-0.3, -0.25) is 10.0 Å². The number of rotatable bonds is 7. The molecule has 0 saturated carbocycles. The molecule has 0 atom stereocenters. The molecular formula is C22H21N3O4. The standard InChI is InChI=1S/C22H21N3O4/c1-2-29-22(27)21-20(17-6-4-3-5-7-17)23-18(24-21)14-16-10-8-15(9-11-16)12-13-19(26)25-28/h3-13,28H,2,14H2,1H3,(H,23,24)(H,25,26). The van der Waals surface area contributed by atoms with Crippen LogP contribution >= 0.6 is 0 Å². The number of amides is 1. The minimum atomic E-state index is -0.593. The number of carbonyl (C=O) groups is 2. The normalized spacial score (nSPS) is 10.8. The van der Waals surface area contributed by atoms with Crippen molar-refractivity contribution in [2.45, 2.75) is 13.3 Å². The van der Waals surface area contributed by atoms with E-state index in [0.29, 0.717) is 23.6 Å². The highest BCUT2D eigenvalue weighted by atomic mass is 16.5. The van der Waals surface area contributed by atoms with Gasteiger partial charge in [-0.25, -0.2) is 15.3 Å². The van der Waals surface area contributed by atoms with Gasteiger partial charge in [0.05, 0.1) is 6.61 Å². The molecule has 0 aliphatic heterocycles. The summed E-state index contributed by atoms with van der Waals surface area (Å²) in [6, 6.07) is 17.0. The molecule has 7 nitrogen and oxygen atoms in total. The van der Waals surface area contributed by atoms with Crippen LogP contribution in [0.4, 0.5) is 0 Å². The van der Waals surface area contributed by atoms with Crippen molar-refractivity contribution >= 4 is 18.0 Å². The lowest BCUT2D eigenvalue weighted by molar-refractivity contribution is -0.124. The molecule has 1 aromatic heterocycles. The van der Waals surface area contributed by atoms with Crippen molar-refractivity contribution < 1.29 is 19.5 Å². The number of hydrogen-bond donors (Lipinski definition) is 3. The molecule has 7 heteroatoms. The van der Waals surface area contributed by atoms with E-state index in [2.05, 4.69) is 9.97 Å². The third kappa shape index (κ3) is 5.18. The molecule has 0 radical (unpaired) electrons. The van der Waals surface area contributed by atoms with Gasteiger partial charge in [-0.15, -0.1) is 0 Å². The second kappa shape index (κ2) is 9.48. The number of ether oxygens (including phenoxy) is 1. The fraction of sp³-hybridized carbons (Fsp3) is 0.136. The van der Waals surface area contributed by atoms with Gasteiger partial charge in [-0.1, -0.05) is 54.6 Å². The molecule has 3 aromatic rings. The van der Waals surface area contributed by atoms with Crippen LogP contribution in [0.2, 0.25) is 0 Å². The monoisotopic (exact) mass is 391 g/mol. The topological polar surface area (TPSA) is 104 Å². The molecule has 29 heavy (non-hydrogen) atoms. The first-order valence-corrected chi connectivity index (χ1v) is 9.13. The zero-order chi connectivity index (χ0) is 20.6. The number of nitrogens with one attached hydrogen (secondary N) is 2. The number of nitrogens with zero attached hydrogens (tertiary/aromatic N) is 1. The Hall–Kier alpha value is -3.71. The number of aromatic amines is 1. The third-order valence-electron chi connectivity index (χ3n) is 4.17. The molecule has 0 unspecified atom stereocenters. The molecule has 0 aliphatic carbocycles. The Morgan fingerprint density at radius 3 is 2.52 bits per heavy atom. The van der Waals surface area contributed by atoms with Gasteiger partial charge in [-0.2, -0.15) is 0 Å². The SMILES string of the molecule is CCOC(=O)c1[nH]c(Cc2ccc(C=CC(=O)NO)cc2)nc1-c1ccccc1. The highest BCUT2D eigenvalue weighted by Crippen LogP contribution is 2.23. The fourth-order valence-electron chi connectivity index (χ4n) is 2.81. The molecule has 0 aliphatic rings. The zero-order valence-electron chi connectivity index (χ0n) is 15.9. The summed E-state index contributed by atoms with van der Waals surface area (Å²) >= 11 is 0. The lowest BCUT2D eigenvalue weighted by Gasteiger charge is -2.02. The first-order chi connectivity index (χ1) is 14.1. The summed E-state index contributed by atoms with van der Waals surface area (Å²) in [4.78, 5) is 31.1. The molecule has 3 rings (SSSR count). The summed E-state index contributed by atoms with van der Waals surface area (Å²) in [5.41, 5.74) is 5.07. The van der Waals surface area contributed by atoms with Crippen LogP contribution in [0.25, 0.3) is 17.3 Å². The van der Waals surface area contributed by atoms with Gasteiger partial charge in [0.15, 0.2) is 5.69 Å². The average Bonchev–Trinajstić information content (AvgIpc) is 3.17. The summed E-state index contributed by atoms with van der Waals surface area (Å²) in [5, 5.41) is 8.51. The molecule has 0 saturated heterocycles. The minimum absolute atomic E-state index is 0.282. The molecule has 0 fully saturated rings. The van der Waals surface area contributed by atoms with Crippen molar-refractivity contribution in [3.05, 3.63) is 83.3 Å². The van der Waals surface area contributed by atoms with Gasteiger partial charge in [0.25, 0.3) is 5.91 Å². The molecule has 1 heterocycles. The van der Waals surface area contributed by atoms with Gasteiger partial charge in [0.1, 0.15) is 11.5 Å². The van der Waals surface area contributed by atoms with E-state index in [1.54, 1.807) is 18.5 Å². The van der Waals surface area contributed by atoms with E-state index in [-0.39, 0.29) is 6.61 Å². The maximum absolute atomic E-state index is 12.3. The highest BCUT2D eigenvalue weighted by molar-refractivity contribution is 5.94. The van der Waals surface area contributed by atoms with Crippen LogP contribution in [0, 0.1) is 0 Å². The molecule has 0 bridgehead atoms. The summed E-state index contributed by atoms with van der Waals surface area (Å²) < 4.78 is 5.16. The van der Waals surface area contributed by atoms with Gasteiger partial charge < -0.3 is 9.72 Å². The summed E-state index contributed by atoms with van der Waals surface area (Å²) in [5.74, 6) is -0.382. The number of hydrogen-bond acceptors (Lipinski definition) is 5. The van der Waals surface area contributed by atoms with E-state index in [9.17, 15) is 9.59 Å². The second-order valence-corrected chi connectivity index (χ2v) is 6.22. The fourth-order valence-corrected chi connectivity index (χ4v) is 2.81. The van der Waals surface area contributed by atoms with Crippen molar-refractivity contribution in [1.29, 1.82) is 0 Å². The Labute approximate surface area is 168 Å². The van der Waals surface area contributed by atoms with Crippen LogP contribution in [0.1, 0.15) is 34.4 Å². The quantitative estimate of drug-likeness (QED) is 0.248. The number of esters is 1. The Kier molecular flexibility index (Phi) is 6.55. The van der Waals surface area contributed by atoms with Gasteiger partial charge in [0.2, 0.25) is 0 Å². The number of benzene rings is 2. The molecule has 148 valence electrons. The zero-order valence-corrected chi connectivity index (χ0v) is 15.9. The number of imidazole rings is 1. The van der Waals surface area contributed by atoms with Gasteiger partial charge in [0, 0.05) is 18.1 Å². The van der Waals surface area contributed by atoms with E-state index < -0.39 is 11.9 Å². The van der Waals surface area contributed by atoms with Crippen LogP contribution in [0.15, 0.2) is 60.7 Å². The van der Waals surface area contributed by atoms with Crippen LogP contribution in [0.3, 0.4) is 0 Å². The number of H-pyrrole nitrogens is 1. The Morgan fingerprint density at radius 2 is 1.86 bits per heavy atom. The lowest BCUT2D eigenvalue weighted by Crippen LogP contribution is -2.14. The lowest BCUT2D eigenvalue weighted by atomic mass is 10.1. The predicted octanol–water partition coefficient (Wildman–Crippen LogP) is 3.36. The van der Waals surface area contributed by atoms with E-state index in [0.717, 1.165) is 16.7 Å². The van der Waals surface area contributed by atoms with Crippen molar-refractivity contribution in [1.82, 2.24) is 15.4 Å². The molecule has 1 amide bonds. The molecule has 0 spiro atoms. The maximum atomic E-state index is 12.3. The van der Waals surface area contributed by atoms with Crippen LogP contribution in [-0.4, -0.2) is 33.7 Å². The van der Waals surface area contributed by atoms with Crippen molar-refractivity contribution in [3.63, 3.8) is 0 Å². The summed E-state index contributed by atoms with van der Waals surface area (Å²) in [6.45, 7) is 2.04. The Bertz CT molecular complexity index is 1010. The van der Waals surface area contributed by atoms with Crippen molar-refractivity contribution in [2.24, 2.45) is 0 Å². The number of hydroxylamine groups is 1. The van der Waals surface area contributed by atoms with Crippen molar-refractivity contribution in [2.75, 3.05) is 6.61 Å². The minimum Gasteiger partial charge on any atom is -0.461 e. The van der Waals surface area contributed by atoms with E-state index in [1.165, 1.54) is 6.08 Å². The van der Waals surface area contributed by atoms with Crippen LogP contribution in [0.5, 0.6) is 0 Å². The second-order valence-electron chi connectivity index (χ2n) is 6.22. The van der Waals surface area contributed by atoms with Gasteiger partial charge in [-0.05, 0) is 24.1 Å². The Morgan fingerprint density at radius 1 is 1.14 bits per heavy atom. The van der Waals surface area contributed by atoms with Gasteiger partial charge >= 0.3 is 5.97 Å². The first-order valence-electron chi connectivity index (χ1n) is 9.13. The number of aromatic nitrogens is 2. The summed E-state index contributed by atoms with van der Waals surface area (Å²) in [7, 11) is 0. The Balaban J connectivity index is 1.83. The summed E-state index contributed by atoms with van der Waals surface area (Å²) in [6.07, 6.45) is 3.33. The van der Waals surface area contributed by atoms with Crippen LogP contribution in [-0.2, 0) is 16.0 Å². The third-order valence-corrected chi connectivity index (χ3v) is 4.17. The van der Waals surface area contributed by atoms with Crippen LogP contribution < -0.4 is 5.48 Å². The van der Waals surface area contributed by atoms with E-state index in [4.69, 9.17) is 9.94 Å². The highest BCUT2D eigenvalue weighted by Gasteiger charge is 2.19. The molecular weight excluding hydrogens is 370 g/mol. The van der Waals surface area contributed by atoms with E-state index >= 15 is 0 Å². The van der Waals surface area contributed by atoms with Crippen molar-refractivity contribution in [3.8, 4) is 11.3 Å². The molecule has 2 aromatic carbocycles. The largest absolute Gasteiger partial charge is 0.461 e. The number of carbonyl (C=O) groups excluding carboxylic acids is 2. The van der Waals surface area contributed by atoms with E-state index in [1.807, 2.05) is 54.6 Å². The predicted molar refractivity (Wildman–Crippen MR) is 108 cm³/mol.